The number of amides is 1. The molecule has 3 aromatic heterocycles. The zero-order valence-electron chi connectivity index (χ0n) is 29.2. The predicted octanol–water partition coefficient (Wildman–Crippen LogP) is 8.05. The number of halogens is 4. The second-order valence-electron chi connectivity index (χ2n) is 13.4. The average Bonchev–Trinajstić information content (AvgIpc) is 3.76. The fourth-order valence-corrected chi connectivity index (χ4v) is 8.50. The highest BCUT2D eigenvalue weighted by atomic mass is 35.5. The quantitative estimate of drug-likeness (QED) is 0.0926. The molecule has 2 aromatic carbocycles. The number of carboxylic acids is 1. The Morgan fingerprint density at radius 1 is 1.07 bits per heavy atom. The van der Waals surface area contributed by atoms with Crippen molar-refractivity contribution >= 4 is 68.1 Å². The molecule has 0 spiro atoms. The average molecular weight is 797 g/mol. The van der Waals surface area contributed by atoms with Gasteiger partial charge in [0, 0.05) is 54.0 Å². The van der Waals surface area contributed by atoms with Crippen LogP contribution in [0.5, 0.6) is 5.88 Å². The third-order valence-electron chi connectivity index (χ3n) is 9.75. The SMILES string of the molecule is Cc1cc(-c2cccc(-c3cccc(Nc4nccc5sc(CN6CCC(C(=O)O)CC6)nc45)c3Cl)c2Cl)nc(OC(F)F)c1CNC[C@@H]1CCC(=O)N1. The van der Waals surface area contributed by atoms with E-state index in [2.05, 4.69) is 30.8 Å². The fraction of sp³-hybridized carbons (Fsp3) is 0.342. The van der Waals surface area contributed by atoms with Crippen LogP contribution in [0.25, 0.3) is 32.6 Å². The molecule has 1 amide bonds. The van der Waals surface area contributed by atoms with Gasteiger partial charge in [0.15, 0.2) is 5.82 Å². The number of benzene rings is 2. The lowest BCUT2D eigenvalue weighted by Crippen LogP contribution is -2.35. The molecule has 2 aliphatic rings. The lowest BCUT2D eigenvalue weighted by atomic mass is 9.97. The van der Waals surface area contributed by atoms with Gasteiger partial charge in [0.1, 0.15) is 10.5 Å². The van der Waals surface area contributed by atoms with Crippen molar-refractivity contribution in [2.45, 2.75) is 58.3 Å². The van der Waals surface area contributed by atoms with Gasteiger partial charge in [0.2, 0.25) is 11.8 Å². The fourth-order valence-electron chi connectivity index (χ4n) is 6.90. The second kappa shape index (κ2) is 16.5. The minimum Gasteiger partial charge on any atom is -0.481 e. The van der Waals surface area contributed by atoms with Crippen molar-refractivity contribution in [1.82, 2.24) is 30.5 Å². The molecule has 7 rings (SSSR count). The van der Waals surface area contributed by atoms with Gasteiger partial charge >= 0.3 is 12.6 Å². The van der Waals surface area contributed by atoms with Crippen LogP contribution < -0.4 is 20.7 Å². The Hall–Kier alpha value is -4.47. The van der Waals surface area contributed by atoms with E-state index in [-0.39, 0.29) is 30.3 Å². The lowest BCUT2D eigenvalue weighted by molar-refractivity contribution is -0.143. The molecule has 1 atom stereocenters. The van der Waals surface area contributed by atoms with Crippen LogP contribution in [0, 0.1) is 12.8 Å². The Labute approximate surface area is 324 Å². The highest BCUT2D eigenvalue weighted by Gasteiger charge is 2.26. The van der Waals surface area contributed by atoms with E-state index < -0.39 is 12.6 Å². The summed E-state index contributed by atoms with van der Waals surface area (Å²) in [4.78, 5) is 39.1. The molecule has 11 nitrogen and oxygen atoms in total. The van der Waals surface area contributed by atoms with Crippen LogP contribution >= 0.6 is 34.5 Å². The summed E-state index contributed by atoms with van der Waals surface area (Å²) in [6.07, 6.45) is 4.12. The topological polar surface area (TPSA) is 142 Å². The van der Waals surface area contributed by atoms with E-state index in [1.165, 1.54) is 0 Å². The van der Waals surface area contributed by atoms with Crippen molar-refractivity contribution in [1.29, 1.82) is 0 Å². The number of nitrogens with one attached hydrogen (secondary N) is 3. The number of alkyl halides is 2. The van der Waals surface area contributed by atoms with Gasteiger partial charge in [0.05, 0.1) is 38.6 Å². The van der Waals surface area contributed by atoms with Gasteiger partial charge in [-0.25, -0.2) is 15.0 Å². The molecule has 0 bridgehead atoms. The number of pyridine rings is 2. The first kappa shape index (κ1) is 37.8. The largest absolute Gasteiger partial charge is 0.481 e. The third-order valence-corrected chi connectivity index (χ3v) is 11.6. The summed E-state index contributed by atoms with van der Waals surface area (Å²) in [6.45, 7) is 1.44. The Balaban J connectivity index is 1.12. The van der Waals surface area contributed by atoms with Crippen LogP contribution in [-0.2, 0) is 22.7 Å². The molecule has 16 heteroatoms. The first-order valence-electron chi connectivity index (χ1n) is 17.5. The van der Waals surface area contributed by atoms with Crippen LogP contribution in [0.2, 0.25) is 10.0 Å². The number of aryl methyl sites for hydroxylation is 1. The number of likely N-dealkylation sites (tertiary alicyclic amines) is 1. The van der Waals surface area contributed by atoms with Crippen molar-refractivity contribution in [2.75, 3.05) is 25.0 Å². The van der Waals surface area contributed by atoms with Gasteiger partial charge in [-0.3, -0.25) is 14.5 Å². The summed E-state index contributed by atoms with van der Waals surface area (Å²) >= 11 is 15.7. The number of carbonyl (C=O) groups is 2. The number of carbonyl (C=O) groups excluding carboxylic acids is 1. The molecule has 2 saturated heterocycles. The number of ether oxygens (including phenoxy) is 1. The molecule has 0 unspecified atom stereocenters. The summed E-state index contributed by atoms with van der Waals surface area (Å²) in [5.74, 6) is -0.704. The maximum Gasteiger partial charge on any atom is 0.388 e. The van der Waals surface area contributed by atoms with Gasteiger partial charge in [-0.1, -0.05) is 53.5 Å². The highest BCUT2D eigenvalue weighted by Crippen LogP contribution is 2.43. The zero-order valence-corrected chi connectivity index (χ0v) is 31.5. The van der Waals surface area contributed by atoms with Gasteiger partial charge in [-0.2, -0.15) is 8.78 Å². The number of hydrogen-bond acceptors (Lipinski definition) is 10. The lowest BCUT2D eigenvalue weighted by Gasteiger charge is -2.29. The van der Waals surface area contributed by atoms with Gasteiger partial charge in [0.25, 0.3) is 0 Å². The molecular weight excluding hydrogens is 759 g/mol. The molecule has 0 radical (unpaired) electrons. The number of thiazole rings is 1. The van der Waals surface area contributed by atoms with Crippen molar-refractivity contribution in [3.8, 4) is 28.3 Å². The minimum atomic E-state index is -3.09. The maximum atomic E-state index is 13.6. The van der Waals surface area contributed by atoms with Crippen LogP contribution in [0.1, 0.15) is 41.8 Å². The van der Waals surface area contributed by atoms with E-state index >= 15 is 0 Å². The van der Waals surface area contributed by atoms with Gasteiger partial charge in [-0.15, -0.1) is 11.3 Å². The smallest absolute Gasteiger partial charge is 0.388 e. The van der Waals surface area contributed by atoms with E-state index in [4.69, 9.17) is 32.9 Å². The number of aromatic nitrogens is 3. The van der Waals surface area contributed by atoms with E-state index in [1.807, 2.05) is 30.3 Å². The number of hydrogen-bond donors (Lipinski definition) is 4. The number of carboxylic acid groups (broad SMARTS) is 1. The Morgan fingerprint density at radius 3 is 2.54 bits per heavy atom. The van der Waals surface area contributed by atoms with Crippen LogP contribution in [0.4, 0.5) is 20.3 Å². The monoisotopic (exact) mass is 795 g/mol. The molecule has 2 fully saturated rings. The molecule has 0 aliphatic carbocycles. The number of aliphatic carboxylic acids is 1. The summed E-state index contributed by atoms with van der Waals surface area (Å²) in [7, 11) is 0. The molecule has 2 aliphatic heterocycles. The zero-order chi connectivity index (χ0) is 37.9. The number of piperidine rings is 1. The summed E-state index contributed by atoms with van der Waals surface area (Å²) in [5.41, 5.74) is 4.54. The van der Waals surface area contributed by atoms with Crippen LogP contribution in [0.15, 0.2) is 54.7 Å². The van der Waals surface area contributed by atoms with Crippen LogP contribution in [0.3, 0.4) is 0 Å². The maximum absolute atomic E-state index is 13.6. The van der Waals surface area contributed by atoms with Crippen molar-refractivity contribution in [2.24, 2.45) is 5.92 Å². The van der Waals surface area contributed by atoms with E-state index in [0.717, 1.165) is 9.71 Å². The minimum absolute atomic E-state index is 0.00157. The number of nitrogens with zero attached hydrogens (tertiary/aromatic N) is 4. The molecule has 5 aromatic rings. The number of fused-ring (bicyclic) bond motifs is 1. The molecular formula is C38H37Cl2F2N7O4S. The normalized spacial score (nSPS) is 16.6. The Kier molecular flexibility index (Phi) is 11.6. The predicted molar refractivity (Wildman–Crippen MR) is 206 cm³/mol. The number of rotatable bonds is 13. The molecule has 0 saturated carbocycles. The summed E-state index contributed by atoms with van der Waals surface area (Å²) < 4.78 is 33.0. The Morgan fingerprint density at radius 2 is 1.81 bits per heavy atom. The van der Waals surface area contributed by atoms with E-state index in [0.29, 0.717) is 112 Å². The van der Waals surface area contributed by atoms with E-state index in [1.54, 1.807) is 42.7 Å². The van der Waals surface area contributed by atoms with E-state index in [9.17, 15) is 23.5 Å². The van der Waals surface area contributed by atoms with Crippen molar-refractivity contribution < 1.29 is 28.2 Å². The third kappa shape index (κ3) is 8.42. The summed E-state index contributed by atoms with van der Waals surface area (Å²) in [6, 6.07) is 14.6. The molecule has 282 valence electrons. The van der Waals surface area contributed by atoms with Gasteiger partial charge < -0.3 is 25.8 Å². The van der Waals surface area contributed by atoms with Crippen LogP contribution in [-0.4, -0.2) is 69.1 Å². The summed E-state index contributed by atoms with van der Waals surface area (Å²) in [5, 5.41) is 20.4. The first-order chi connectivity index (χ1) is 26.0. The first-order valence-corrected chi connectivity index (χ1v) is 19.1. The molecule has 54 heavy (non-hydrogen) atoms. The standard InChI is InChI=1S/C38H37Cl2F2N7O4S/c1-20-16-28(47-36(53-38(41)42)26(20)18-43-17-22-8-9-30(50)45-22)25-6-2-4-23(32(25)39)24-5-3-7-27(33(24)40)46-35-34-29(10-13-44-35)54-31(48-34)19-49-14-11-21(12-15-49)37(51)52/h2-7,10,13,16,21-22,38,43H,8-9,11-12,14-15,17-19H2,1H3,(H,44,46)(H,45,50)(H,51,52)/t22-/m0/s1. The second-order valence-corrected chi connectivity index (χ2v) is 15.3. The number of anilines is 2. The highest BCUT2D eigenvalue weighted by molar-refractivity contribution is 7.18. The molecule has 4 N–H and O–H groups in total. The van der Waals surface area contributed by atoms with Gasteiger partial charge in [-0.05, 0) is 63.0 Å². The molecule has 5 heterocycles. The van der Waals surface area contributed by atoms with Crippen molar-refractivity contribution in [3.05, 3.63) is 80.9 Å². The Bertz CT molecular complexity index is 2200. The van der Waals surface area contributed by atoms with Crippen molar-refractivity contribution in [3.63, 3.8) is 0 Å².